The molecule has 2 rings (SSSR count). The van der Waals surface area contributed by atoms with Crippen LogP contribution >= 0.6 is 11.6 Å². The van der Waals surface area contributed by atoms with Crippen molar-refractivity contribution in [3.05, 3.63) is 58.1 Å². The van der Waals surface area contributed by atoms with Crippen LogP contribution in [0.4, 0.5) is 10.1 Å². The van der Waals surface area contributed by atoms with Crippen LogP contribution in [0.3, 0.4) is 0 Å². The fourth-order valence-electron chi connectivity index (χ4n) is 1.95. The zero-order valence-corrected chi connectivity index (χ0v) is 12.2. The second-order valence-corrected chi connectivity index (χ2v) is 5.05. The number of carbonyl (C=O) groups is 1. The number of nitrogens with two attached hydrogens (primary N) is 2. The Balaban J connectivity index is -0.000000484. The second kappa shape index (κ2) is 6.20. The smallest absolute Gasteiger partial charge is 0.215 e. The van der Waals surface area contributed by atoms with Gasteiger partial charge < -0.3 is 11.5 Å². The fourth-order valence-corrected chi connectivity index (χ4v) is 2.18. The van der Waals surface area contributed by atoms with E-state index in [1.165, 1.54) is 30.5 Å². The molecule has 0 bridgehead atoms. The molecule has 1 aromatic heterocycles. The van der Waals surface area contributed by atoms with Gasteiger partial charge in [0, 0.05) is 18.7 Å². The minimum atomic E-state index is -0.694. The largest absolute Gasteiger partial charge is 0.397 e. The Hall–Kier alpha value is -1.98. The molecule has 4 nitrogen and oxygen atoms in total. The number of pyridine rings is 1. The lowest BCUT2D eigenvalue weighted by Crippen LogP contribution is -2.15. The van der Waals surface area contributed by atoms with Crippen molar-refractivity contribution in [3.8, 4) is 0 Å². The van der Waals surface area contributed by atoms with Gasteiger partial charge >= 0.3 is 0 Å². The van der Waals surface area contributed by atoms with Gasteiger partial charge in [0.2, 0.25) is 5.78 Å². The van der Waals surface area contributed by atoms with E-state index in [0.717, 1.165) is 0 Å². The molecule has 1 aromatic carbocycles. The predicted molar refractivity (Wildman–Crippen MR) is 91.3 cm³/mol. The number of anilines is 1. The van der Waals surface area contributed by atoms with Crippen molar-refractivity contribution in [2.24, 2.45) is 5.73 Å². The molecule has 0 aliphatic heterocycles. The van der Waals surface area contributed by atoms with E-state index in [4.69, 9.17) is 23.1 Å². The number of aromatic nitrogens is 1. The molecule has 1 heterocycles. The van der Waals surface area contributed by atoms with Crippen molar-refractivity contribution in [3.63, 3.8) is 0 Å². The molecule has 0 amide bonds. The normalized spacial score (nSPS) is 12.2. The van der Waals surface area contributed by atoms with Crippen molar-refractivity contribution in [1.82, 2.24) is 4.98 Å². The van der Waals surface area contributed by atoms with E-state index in [0.29, 0.717) is 12.1 Å². The molecule has 0 spiro atoms. The Morgan fingerprint density at radius 3 is 2.71 bits per heavy atom. The first-order valence-electron chi connectivity index (χ1n) is 6.45. The molecule has 0 saturated heterocycles. The third-order valence-electron chi connectivity index (χ3n) is 3.21. The quantitative estimate of drug-likeness (QED) is 0.822. The van der Waals surface area contributed by atoms with Crippen LogP contribution in [0, 0.1) is 5.82 Å². The highest BCUT2D eigenvalue weighted by atomic mass is 35.5. The highest BCUT2D eigenvalue weighted by Crippen LogP contribution is 2.28. The van der Waals surface area contributed by atoms with Crippen molar-refractivity contribution in [1.29, 1.82) is 0 Å². The van der Waals surface area contributed by atoms with E-state index in [-0.39, 0.29) is 29.0 Å². The third kappa shape index (κ3) is 3.04. The molecule has 0 aliphatic carbocycles. The summed E-state index contributed by atoms with van der Waals surface area (Å²) in [4.78, 5) is 16.3. The van der Waals surface area contributed by atoms with Crippen molar-refractivity contribution >= 4 is 23.1 Å². The molecule has 0 saturated carbocycles. The van der Waals surface area contributed by atoms with Crippen molar-refractivity contribution in [2.45, 2.75) is 19.4 Å². The zero-order valence-electron chi connectivity index (χ0n) is 11.4. The van der Waals surface area contributed by atoms with Crippen LogP contribution < -0.4 is 11.5 Å². The van der Waals surface area contributed by atoms with E-state index in [2.05, 4.69) is 4.98 Å². The number of hydrogen-bond acceptors (Lipinski definition) is 4. The minimum absolute atomic E-state index is 0. The standard InChI is InChI=1S/C15H15ClFN3O.5H2/c1-2-11(19)9-4-5-10(16)13(14(9)17)15(21)12-6-3-8(18)7-20-12;;;;;/h3-7,11H,2,18-19H2,1H3;5*1H/t11-;;;;;/m1...../s1. The molecule has 1 atom stereocenters. The molecule has 21 heavy (non-hydrogen) atoms. The highest BCUT2D eigenvalue weighted by Gasteiger charge is 2.23. The average Bonchev–Trinajstić information content (AvgIpc) is 2.47. The first-order valence-corrected chi connectivity index (χ1v) is 6.83. The molecule has 6 heteroatoms. The topological polar surface area (TPSA) is 82.0 Å². The molecular formula is C15H25ClFN3O. The molecule has 0 unspecified atom stereocenters. The lowest BCUT2D eigenvalue weighted by Gasteiger charge is -2.14. The van der Waals surface area contributed by atoms with Crippen LogP contribution in [0.15, 0.2) is 30.5 Å². The molecule has 0 fully saturated rings. The Labute approximate surface area is 134 Å². The maximum Gasteiger partial charge on any atom is 0.215 e. The van der Waals surface area contributed by atoms with Crippen LogP contribution in [0.25, 0.3) is 0 Å². The second-order valence-electron chi connectivity index (χ2n) is 4.65. The minimum Gasteiger partial charge on any atom is -0.397 e. The van der Waals surface area contributed by atoms with Gasteiger partial charge in [-0.2, -0.15) is 0 Å². The highest BCUT2D eigenvalue weighted by molar-refractivity contribution is 6.35. The van der Waals surface area contributed by atoms with Crippen molar-refractivity contribution in [2.75, 3.05) is 5.73 Å². The Morgan fingerprint density at radius 2 is 2.14 bits per heavy atom. The van der Waals surface area contributed by atoms with Crippen LogP contribution in [0.1, 0.15) is 48.1 Å². The Kier molecular flexibility index (Phi) is 4.55. The number of rotatable bonds is 4. The third-order valence-corrected chi connectivity index (χ3v) is 3.52. The number of nitrogen functional groups attached to an aromatic ring is 1. The van der Waals surface area contributed by atoms with Gasteiger partial charge in [-0.1, -0.05) is 24.6 Å². The SMILES string of the molecule is CC[C@@H](N)c1ccc(Cl)c(C(=O)c2ccc(N)cn2)c1F.[HH].[HH].[HH].[HH].[HH]. The molecule has 2 aromatic rings. The average molecular weight is 318 g/mol. The monoisotopic (exact) mass is 317 g/mol. The van der Waals surface area contributed by atoms with Gasteiger partial charge in [-0.15, -0.1) is 0 Å². The Bertz CT molecular complexity index is 692. The number of carbonyl (C=O) groups excluding carboxylic acids is 1. The maximum absolute atomic E-state index is 14.5. The summed E-state index contributed by atoms with van der Waals surface area (Å²) in [5.41, 5.74) is 11.9. The van der Waals surface area contributed by atoms with Gasteiger partial charge in [0.05, 0.1) is 22.5 Å². The summed E-state index contributed by atoms with van der Waals surface area (Å²) >= 11 is 5.97. The summed E-state index contributed by atoms with van der Waals surface area (Å²) in [6.45, 7) is 1.84. The van der Waals surface area contributed by atoms with Crippen LogP contribution in [0.2, 0.25) is 5.02 Å². The van der Waals surface area contributed by atoms with E-state index < -0.39 is 17.6 Å². The molecule has 4 N–H and O–H groups in total. The van der Waals surface area contributed by atoms with E-state index in [9.17, 15) is 9.18 Å². The maximum atomic E-state index is 14.5. The van der Waals surface area contributed by atoms with Gasteiger partial charge in [-0.3, -0.25) is 9.78 Å². The van der Waals surface area contributed by atoms with E-state index in [1.807, 2.05) is 6.92 Å². The van der Waals surface area contributed by atoms with Gasteiger partial charge in [0.1, 0.15) is 11.5 Å². The molecular weight excluding hydrogens is 293 g/mol. The van der Waals surface area contributed by atoms with Crippen LogP contribution in [-0.2, 0) is 0 Å². The Morgan fingerprint density at radius 1 is 1.43 bits per heavy atom. The number of hydrogen-bond donors (Lipinski definition) is 2. The van der Waals surface area contributed by atoms with Gasteiger partial charge in [0.15, 0.2) is 0 Å². The van der Waals surface area contributed by atoms with E-state index >= 15 is 0 Å². The number of halogens is 2. The van der Waals surface area contributed by atoms with Gasteiger partial charge in [-0.25, -0.2) is 4.39 Å². The first-order chi connectivity index (χ1) is 9.95. The molecule has 0 radical (unpaired) electrons. The molecule has 120 valence electrons. The summed E-state index contributed by atoms with van der Waals surface area (Å²) in [5.74, 6) is -1.29. The fraction of sp³-hybridized carbons (Fsp3) is 0.200. The summed E-state index contributed by atoms with van der Waals surface area (Å²) < 4.78 is 14.5. The zero-order chi connectivity index (χ0) is 15.6. The van der Waals surface area contributed by atoms with Gasteiger partial charge in [0.25, 0.3) is 0 Å². The summed E-state index contributed by atoms with van der Waals surface area (Å²) in [7, 11) is 0. The number of ketones is 1. The molecule has 0 aliphatic rings. The lowest BCUT2D eigenvalue weighted by atomic mass is 9.98. The summed E-state index contributed by atoms with van der Waals surface area (Å²) in [5, 5.41) is 0.0307. The number of nitrogens with zero attached hydrogens (tertiary/aromatic N) is 1. The predicted octanol–water partition coefficient (Wildman–Crippen LogP) is 4.33. The van der Waals surface area contributed by atoms with Crippen LogP contribution in [-0.4, -0.2) is 10.8 Å². The lowest BCUT2D eigenvalue weighted by molar-refractivity contribution is 0.103. The summed E-state index contributed by atoms with van der Waals surface area (Å²) in [6, 6.07) is 5.43. The first kappa shape index (κ1) is 15.4. The van der Waals surface area contributed by atoms with Crippen molar-refractivity contribution < 1.29 is 16.3 Å². The van der Waals surface area contributed by atoms with Crippen LogP contribution in [0.5, 0.6) is 0 Å². The van der Waals surface area contributed by atoms with Gasteiger partial charge in [-0.05, 0) is 24.6 Å². The number of benzene rings is 1. The summed E-state index contributed by atoms with van der Waals surface area (Å²) in [6.07, 6.45) is 1.88. The van der Waals surface area contributed by atoms with E-state index in [1.54, 1.807) is 0 Å².